The molecule has 0 heterocycles. The van der Waals surface area contributed by atoms with Gasteiger partial charge in [0, 0.05) is 6.07 Å². The number of hydrogen-bond acceptors (Lipinski definition) is 10. The molecule has 0 aliphatic rings. The second-order valence-electron chi connectivity index (χ2n) is 6.52. The Morgan fingerprint density at radius 1 is 0.727 bits per heavy atom. The molecule has 33 heavy (non-hydrogen) atoms. The number of phenols is 5. The van der Waals surface area contributed by atoms with Crippen molar-refractivity contribution in [3.8, 4) is 46.0 Å². The third-order valence-corrected chi connectivity index (χ3v) is 5.73. The number of aromatic hydroxyl groups is 5. The van der Waals surface area contributed by atoms with E-state index in [1.165, 1.54) is 21.3 Å². The molecule has 0 aliphatic heterocycles. The number of phenolic OH excluding ortho intramolecular Hbond substituents is 5. The minimum atomic E-state index is -1.16. The smallest absolute Gasteiger partial charge is 0.276 e. The standard InChI is InChI=1S/C22H21NO9S/c1-30-12-6-4-11(5-7-12)23(33-15-9-8-13(31-2)10-14(15)32-3)22(29)16-17(24)19(26)21(28)20(27)18(16)25/h4-10,24-28H,1-3H3. The topological polar surface area (TPSA) is 149 Å². The maximum Gasteiger partial charge on any atom is 0.276 e. The number of ether oxygens (including phenoxy) is 3. The second-order valence-corrected chi connectivity index (χ2v) is 7.51. The second kappa shape index (κ2) is 9.57. The molecule has 0 bridgehead atoms. The molecule has 0 fully saturated rings. The quantitative estimate of drug-likeness (QED) is 0.195. The first kappa shape index (κ1) is 23.5. The van der Waals surface area contributed by atoms with Crippen LogP contribution in [0.15, 0.2) is 47.4 Å². The zero-order chi connectivity index (χ0) is 24.3. The van der Waals surface area contributed by atoms with E-state index in [0.717, 1.165) is 16.3 Å². The van der Waals surface area contributed by atoms with Crippen molar-refractivity contribution >= 4 is 23.5 Å². The number of anilines is 1. The van der Waals surface area contributed by atoms with E-state index in [0.29, 0.717) is 27.8 Å². The normalized spacial score (nSPS) is 10.5. The van der Waals surface area contributed by atoms with Gasteiger partial charge < -0.3 is 39.7 Å². The van der Waals surface area contributed by atoms with E-state index >= 15 is 0 Å². The average Bonchev–Trinajstić information content (AvgIpc) is 2.84. The summed E-state index contributed by atoms with van der Waals surface area (Å²) in [7, 11) is 4.41. The van der Waals surface area contributed by atoms with E-state index in [1.807, 2.05) is 0 Å². The predicted octanol–water partition coefficient (Wildman–Crippen LogP) is 3.59. The molecule has 0 saturated carbocycles. The lowest BCUT2D eigenvalue weighted by molar-refractivity contribution is 0.100. The molecule has 1 amide bonds. The van der Waals surface area contributed by atoms with Gasteiger partial charge in [-0.2, -0.15) is 0 Å². The van der Waals surface area contributed by atoms with E-state index in [2.05, 4.69) is 0 Å². The van der Waals surface area contributed by atoms with E-state index < -0.39 is 40.2 Å². The van der Waals surface area contributed by atoms with Gasteiger partial charge in [-0.05, 0) is 48.3 Å². The van der Waals surface area contributed by atoms with Gasteiger partial charge in [0.05, 0.1) is 31.9 Å². The summed E-state index contributed by atoms with van der Waals surface area (Å²) < 4.78 is 16.8. The van der Waals surface area contributed by atoms with E-state index in [9.17, 15) is 30.3 Å². The van der Waals surface area contributed by atoms with Gasteiger partial charge in [-0.1, -0.05) is 0 Å². The molecule has 0 saturated heterocycles. The summed E-state index contributed by atoms with van der Waals surface area (Å²) in [6, 6.07) is 11.2. The molecule has 0 atom stereocenters. The lowest BCUT2D eigenvalue weighted by Crippen LogP contribution is -2.24. The van der Waals surface area contributed by atoms with Crippen molar-refractivity contribution in [1.82, 2.24) is 0 Å². The van der Waals surface area contributed by atoms with Crippen LogP contribution in [0.3, 0.4) is 0 Å². The fourth-order valence-corrected chi connectivity index (χ4v) is 3.83. The summed E-state index contributed by atoms with van der Waals surface area (Å²) in [4.78, 5) is 13.9. The van der Waals surface area contributed by atoms with Crippen LogP contribution in [-0.2, 0) is 0 Å². The highest BCUT2D eigenvalue weighted by atomic mass is 32.2. The first-order valence-corrected chi connectivity index (χ1v) is 10.1. The van der Waals surface area contributed by atoms with Crippen LogP contribution in [0.4, 0.5) is 5.69 Å². The predicted molar refractivity (Wildman–Crippen MR) is 120 cm³/mol. The van der Waals surface area contributed by atoms with Crippen molar-refractivity contribution < 1.29 is 44.5 Å². The Bertz CT molecular complexity index is 1150. The Kier molecular flexibility index (Phi) is 6.83. The van der Waals surface area contributed by atoms with Gasteiger partial charge in [-0.15, -0.1) is 0 Å². The fraction of sp³-hybridized carbons (Fsp3) is 0.136. The van der Waals surface area contributed by atoms with E-state index in [1.54, 1.807) is 42.5 Å². The minimum absolute atomic E-state index is 0.300. The lowest BCUT2D eigenvalue weighted by Gasteiger charge is -2.24. The summed E-state index contributed by atoms with van der Waals surface area (Å²) in [6.07, 6.45) is 0. The van der Waals surface area contributed by atoms with Crippen LogP contribution >= 0.6 is 11.9 Å². The number of amides is 1. The highest BCUT2D eigenvalue weighted by Crippen LogP contribution is 2.52. The van der Waals surface area contributed by atoms with Crippen molar-refractivity contribution in [2.75, 3.05) is 25.6 Å². The highest BCUT2D eigenvalue weighted by Gasteiger charge is 2.32. The molecule has 0 radical (unpaired) electrons. The maximum atomic E-state index is 13.5. The van der Waals surface area contributed by atoms with Crippen molar-refractivity contribution in [1.29, 1.82) is 0 Å². The Labute approximate surface area is 192 Å². The van der Waals surface area contributed by atoms with Gasteiger partial charge in [-0.3, -0.25) is 4.79 Å². The Balaban J connectivity index is 2.15. The van der Waals surface area contributed by atoms with Crippen LogP contribution in [0.2, 0.25) is 0 Å². The molecule has 10 nitrogen and oxygen atoms in total. The average molecular weight is 475 g/mol. The van der Waals surface area contributed by atoms with Crippen molar-refractivity contribution in [2.24, 2.45) is 0 Å². The van der Waals surface area contributed by atoms with E-state index in [4.69, 9.17) is 14.2 Å². The largest absolute Gasteiger partial charge is 0.504 e. The van der Waals surface area contributed by atoms with Crippen molar-refractivity contribution in [3.63, 3.8) is 0 Å². The van der Waals surface area contributed by atoms with Crippen molar-refractivity contribution in [2.45, 2.75) is 4.90 Å². The molecule has 3 rings (SSSR count). The van der Waals surface area contributed by atoms with Crippen LogP contribution in [0, 0.1) is 0 Å². The van der Waals surface area contributed by atoms with Gasteiger partial charge in [0.25, 0.3) is 5.91 Å². The Morgan fingerprint density at radius 3 is 1.76 bits per heavy atom. The monoisotopic (exact) mass is 475 g/mol. The molecule has 0 unspecified atom stereocenters. The molecule has 174 valence electrons. The number of methoxy groups -OCH3 is 3. The lowest BCUT2D eigenvalue weighted by atomic mass is 10.1. The summed E-state index contributed by atoms with van der Waals surface area (Å²) in [5.41, 5.74) is -0.520. The van der Waals surface area contributed by atoms with Gasteiger partial charge >= 0.3 is 0 Å². The molecule has 5 N–H and O–H groups in total. The highest BCUT2D eigenvalue weighted by molar-refractivity contribution is 8.01. The first-order chi connectivity index (χ1) is 15.7. The number of benzene rings is 3. The van der Waals surface area contributed by atoms with Crippen LogP contribution in [0.25, 0.3) is 0 Å². The van der Waals surface area contributed by atoms with Gasteiger partial charge in [0.15, 0.2) is 11.5 Å². The molecule has 3 aromatic carbocycles. The minimum Gasteiger partial charge on any atom is -0.504 e. The number of nitrogens with zero attached hydrogens (tertiary/aromatic N) is 1. The molecule has 0 spiro atoms. The first-order valence-electron chi connectivity index (χ1n) is 9.30. The van der Waals surface area contributed by atoms with Crippen molar-refractivity contribution in [3.05, 3.63) is 48.0 Å². The van der Waals surface area contributed by atoms with Crippen LogP contribution in [0.5, 0.6) is 46.0 Å². The SMILES string of the molecule is COc1ccc(N(Sc2ccc(OC)cc2OC)C(=O)c2c(O)c(O)c(O)c(O)c2O)cc1. The van der Waals surface area contributed by atoms with Crippen LogP contribution in [-0.4, -0.2) is 52.8 Å². The fourth-order valence-electron chi connectivity index (χ4n) is 2.87. The number of rotatable bonds is 7. The maximum absolute atomic E-state index is 13.5. The zero-order valence-electron chi connectivity index (χ0n) is 17.8. The summed E-state index contributed by atoms with van der Waals surface area (Å²) in [5.74, 6) is -5.29. The molecule has 11 heteroatoms. The summed E-state index contributed by atoms with van der Waals surface area (Å²) in [6.45, 7) is 0. The number of carbonyl (C=O) groups excluding carboxylic acids is 1. The van der Waals surface area contributed by atoms with E-state index in [-0.39, 0.29) is 0 Å². The summed E-state index contributed by atoms with van der Waals surface area (Å²) in [5, 5.41) is 50.0. The zero-order valence-corrected chi connectivity index (χ0v) is 18.6. The Hall–Kier alpha value is -4.12. The third-order valence-electron chi connectivity index (χ3n) is 4.64. The van der Waals surface area contributed by atoms with Gasteiger partial charge in [-0.25, -0.2) is 4.31 Å². The van der Waals surface area contributed by atoms with Gasteiger partial charge in [0.2, 0.25) is 17.2 Å². The number of hydrogen-bond donors (Lipinski definition) is 5. The number of carbonyl (C=O) groups is 1. The molecular formula is C22H21NO9S. The summed E-state index contributed by atoms with van der Waals surface area (Å²) >= 11 is 0.876. The molecule has 3 aromatic rings. The van der Waals surface area contributed by atoms with Crippen LogP contribution < -0.4 is 18.5 Å². The van der Waals surface area contributed by atoms with Crippen LogP contribution in [0.1, 0.15) is 10.4 Å². The molecule has 0 aromatic heterocycles. The van der Waals surface area contributed by atoms with Gasteiger partial charge in [0.1, 0.15) is 22.8 Å². The Morgan fingerprint density at radius 2 is 1.24 bits per heavy atom. The third kappa shape index (κ3) is 4.44. The molecule has 0 aliphatic carbocycles. The molecular weight excluding hydrogens is 454 g/mol.